The van der Waals surface area contributed by atoms with Crippen molar-refractivity contribution in [1.82, 2.24) is 15.1 Å². The minimum atomic E-state index is -1.13. The number of nitrogens with zero attached hydrogens (tertiary/aromatic N) is 3. The van der Waals surface area contributed by atoms with E-state index >= 15 is 0 Å². The van der Waals surface area contributed by atoms with Gasteiger partial charge in [-0.25, -0.2) is 0 Å². The number of carboxylic acids is 1. The van der Waals surface area contributed by atoms with Gasteiger partial charge in [-0.3, -0.25) is 9.59 Å². The second kappa shape index (κ2) is 6.75. The van der Waals surface area contributed by atoms with Crippen LogP contribution >= 0.6 is 0 Å². The summed E-state index contributed by atoms with van der Waals surface area (Å²) in [5.74, 6) is -1.79. The van der Waals surface area contributed by atoms with Gasteiger partial charge in [-0.1, -0.05) is 0 Å². The van der Waals surface area contributed by atoms with Gasteiger partial charge < -0.3 is 20.2 Å². The molecule has 1 heterocycles. The Kier molecular flexibility index (Phi) is 5.33. The first-order valence-corrected chi connectivity index (χ1v) is 6.02. The van der Waals surface area contributed by atoms with Crippen LogP contribution in [0.25, 0.3) is 0 Å². The average Bonchev–Trinajstić information content (AvgIpc) is 2.37. The van der Waals surface area contributed by atoms with Crippen LogP contribution in [-0.4, -0.2) is 66.1 Å². The van der Waals surface area contributed by atoms with E-state index in [1.807, 2.05) is 11.9 Å². The number of aliphatic carboxylic acids is 1. The van der Waals surface area contributed by atoms with Crippen molar-refractivity contribution in [2.24, 2.45) is 0 Å². The molecule has 19 heavy (non-hydrogen) atoms. The highest BCUT2D eigenvalue weighted by atomic mass is 16.4. The number of nitrogens with one attached hydrogen (secondary N) is 1. The largest absolute Gasteiger partial charge is 0.480 e. The molecule has 0 aliphatic carbocycles. The Labute approximate surface area is 112 Å². The zero-order valence-corrected chi connectivity index (χ0v) is 11.1. The predicted molar refractivity (Wildman–Crippen MR) is 68.0 cm³/mol. The predicted octanol–water partition coefficient (Wildman–Crippen LogP) is -0.769. The van der Waals surface area contributed by atoms with E-state index < -0.39 is 17.9 Å². The Morgan fingerprint density at radius 3 is 2.42 bits per heavy atom. The molecule has 0 aromatic rings. The molecule has 1 saturated heterocycles. The molecule has 0 bridgehead atoms. The highest BCUT2D eigenvalue weighted by Gasteiger charge is 2.19. The number of rotatable bonds is 4. The van der Waals surface area contributed by atoms with Crippen molar-refractivity contribution in [2.45, 2.75) is 13.0 Å². The highest BCUT2D eigenvalue weighted by molar-refractivity contribution is 5.99. The summed E-state index contributed by atoms with van der Waals surface area (Å²) in [5, 5.41) is 19.9. The summed E-state index contributed by atoms with van der Waals surface area (Å²) in [6, 6.07) is 0.789. The quantitative estimate of drug-likeness (QED) is 0.512. The van der Waals surface area contributed by atoms with Gasteiger partial charge in [-0.05, 0) is 14.0 Å². The summed E-state index contributed by atoms with van der Waals surface area (Å²) < 4.78 is 0. The molecule has 1 atom stereocenters. The summed E-state index contributed by atoms with van der Waals surface area (Å²) in [4.78, 5) is 26.4. The third kappa shape index (κ3) is 4.60. The molecular formula is C12H18N4O3. The first-order chi connectivity index (χ1) is 8.93. The lowest BCUT2D eigenvalue weighted by Gasteiger charge is -2.31. The molecule has 1 rings (SSSR count). The minimum Gasteiger partial charge on any atom is -0.480 e. The molecule has 2 N–H and O–H groups in total. The van der Waals surface area contributed by atoms with Crippen LogP contribution in [0, 0.1) is 11.3 Å². The summed E-state index contributed by atoms with van der Waals surface area (Å²) in [7, 11) is 2.01. The summed E-state index contributed by atoms with van der Waals surface area (Å²) in [6.45, 7) is 4.56. The maximum atomic E-state index is 11.7. The number of piperazine rings is 1. The van der Waals surface area contributed by atoms with Crippen LogP contribution in [0.4, 0.5) is 0 Å². The van der Waals surface area contributed by atoms with Crippen LogP contribution < -0.4 is 5.32 Å². The van der Waals surface area contributed by atoms with Crippen LogP contribution in [0.3, 0.4) is 0 Å². The molecule has 1 aliphatic rings. The number of carboxylic acid groups (broad SMARTS) is 1. The molecule has 0 spiro atoms. The molecule has 0 aromatic carbocycles. The lowest BCUT2D eigenvalue weighted by atomic mass is 10.2. The molecule has 7 nitrogen and oxygen atoms in total. The summed E-state index contributed by atoms with van der Waals surface area (Å²) in [5.41, 5.74) is -0.0716. The molecule has 1 unspecified atom stereocenters. The molecule has 1 fully saturated rings. The second-order valence-corrected chi connectivity index (χ2v) is 4.53. The van der Waals surface area contributed by atoms with Gasteiger partial charge in [-0.15, -0.1) is 0 Å². The fraction of sp³-hybridized carbons (Fsp3) is 0.583. The van der Waals surface area contributed by atoms with Crippen LogP contribution in [0.5, 0.6) is 0 Å². The first-order valence-electron chi connectivity index (χ1n) is 6.02. The summed E-state index contributed by atoms with van der Waals surface area (Å²) in [6.07, 6.45) is 1.50. The van der Waals surface area contributed by atoms with Crippen LogP contribution in [-0.2, 0) is 9.59 Å². The van der Waals surface area contributed by atoms with Crippen molar-refractivity contribution in [3.05, 3.63) is 11.8 Å². The lowest BCUT2D eigenvalue weighted by molar-refractivity contribution is -0.140. The van der Waals surface area contributed by atoms with E-state index in [-0.39, 0.29) is 5.57 Å². The number of amides is 1. The minimum absolute atomic E-state index is 0.0716. The topological polar surface area (TPSA) is 96.7 Å². The van der Waals surface area contributed by atoms with E-state index in [4.69, 9.17) is 10.4 Å². The molecule has 104 valence electrons. The smallest absolute Gasteiger partial charge is 0.325 e. The van der Waals surface area contributed by atoms with Crippen LogP contribution in [0.2, 0.25) is 0 Å². The highest BCUT2D eigenvalue weighted by Crippen LogP contribution is 2.03. The van der Waals surface area contributed by atoms with Gasteiger partial charge in [0.1, 0.15) is 17.7 Å². The SMILES string of the molecule is CC(NC(=O)/C(C#N)=C\N1CCN(C)CC1)C(=O)O. The van der Waals surface area contributed by atoms with Crippen molar-refractivity contribution in [3.63, 3.8) is 0 Å². The first kappa shape index (κ1) is 15.0. The Morgan fingerprint density at radius 1 is 1.37 bits per heavy atom. The van der Waals surface area contributed by atoms with E-state index in [0.29, 0.717) is 0 Å². The third-order valence-corrected chi connectivity index (χ3v) is 2.93. The van der Waals surface area contributed by atoms with E-state index in [0.717, 1.165) is 26.2 Å². The van der Waals surface area contributed by atoms with Crippen LogP contribution in [0.15, 0.2) is 11.8 Å². The molecule has 1 aliphatic heterocycles. The Bertz CT molecular complexity index is 419. The number of likely N-dealkylation sites (N-methyl/N-ethyl adjacent to an activating group) is 1. The van der Waals surface area contributed by atoms with E-state index in [1.54, 1.807) is 6.07 Å². The fourth-order valence-electron chi connectivity index (χ4n) is 1.61. The number of nitriles is 1. The average molecular weight is 266 g/mol. The van der Waals surface area contributed by atoms with Gasteiger partial charge in [-0.2, -0.15) is 5.26 Å². The number of carbonyl (C=O) groups is 2. The number of hydrogen-bond donors (Lipinski definition) is 2. The molecule has 7 heteroatoms. The van der Waals surface area contributed by atoms with Gasteiger partial charge >= 0.3 is 5.97 Å². The van der Waals surface area contributed by atoms with Crippen molar-refractivity contribution in [2.75, 3.05) is 33.2 Å². The van der Waals surface area contributed by atoms with E-state index in [9.17, 15) is 9.59 Å². The molecule has 0 radical (unpaired) electrons. The van der Waals surface area contributed by atoms with Gasteiger partial charge in [0, 0.05) is 32.4 Å². The van der Waals surface area contributed by atoms with Gasteiger partial charge in [0.25, 0.3) is 5.91 Å². The summed E-state index contributed by atoms with van der Waals surface area (Å²) >= 11 is 0. The number of carbonyl (C=O) groups excluding carboxylic acids is 1. The molecule has 0 aromatic heterocycles. The molecular weight excluding hydrogens is 248 g/mol. The van der Waals surface area contributed by atoms with Gasteiger partial charge in [0.2, 0.25) is 0 Å². The van der Waals surface area contributed by atoms with Crippen molar-refractivity contribution < 1.29 is 14.7 Å². The zero-order chi connectivity index (χ0) is 14.4. The van der Waals surface area contributed by atoms with Crippen molar-refractivity contribution in [3.8, 4) is 6.07 Å². The van der Waals surface area contributed by atoms with Crippen molar-refractivity contribution >= 4 is 11.9 Å². The van der Waals surface area contributed by atoms with E-state index in [1.165, 1.54) is 13.1 Å². The fourth-order valence-corrected chi connectivity index (χ4v) is 1.61. The number of hydrogen-bond acceptors (Lipinski definition) is 5. The Morgan fingerprint density at radius 2 is 1.95 bits per heavy atom. The maximum Gasteiger partial charge on any atom is 0.325 e. The molecule has 0 saturated carbocycles. The van der Waals surface area contributed by atoms with Crippen molar-refractivity contribution in [1.29, 1.82) is 5.26 Å². The Hall–Kier alpha value is -2.07. The maximum absolute atomic E-state index is 11.7. The third-order valence-electron chi connectivity index (χ3n) is 2.93. The normalized spacial score (nSPS) is 18.6. The van der Waals surface area contributed by atoms with Crippen LogP contribution in [0.1, 0.15) is 6.92 Å². The van der Waals surface area contributed by atoms with E-state index in [2.05, 4.69) is 10.2 Å². The second-order valence-electron chi connectivity index (χ2n) is 4.53. The van der Waals surface area contributed by atoms with Gasteiger partial charge in [0.05, 0.1) is 0 Å². The molecule has 1 amide bonds. The monoisotopic (exact) mass is 266 g/mol. The Balaban J connectivity index is 2.64. The standard InChI is InChI=1S/C12H18N4O3/c1-9(12(18)19)14-11(17)10(7-13)8-16-5-3-15(2)4-6-16/h8-9H,3-6H2,1-2H3,(H,14,17)(H,18,19)/b10-8-. The lowest BCUT2D eigenvalue weighted by Crippen LogP contribution is -2.43. The van der Waals surface area contributed by atoms with Gasteiger partial charge in [0.15, 0.2) is 0 Å². The zero-order valence-electron chi connectivity index (χ0n) is 11.1.